The van der Waals surface area contributed by atoms with Gasteiger partial charge >= 0.3 is 5.97 Å². The van der Waals surface area contributed by atoms with Crippen molar-refractivity contribution >= 4 is 5.97 Å². The lowest BCUT2D eigenvalue weighted by molar-refractivity contribution is -0.138. The second-order valence-corrected chi connectivity index (χ2v) is 6.27. The summed E-state index contributed by atoms with van der Waals surface area (Å²) in [5.74, 6) is -0.432. The van der Waals surface area contributed by atoms with Gasteiger partial charge in [0.2, 0.25) is 0 Å². The molecule has 0 spiro atoms. The van der Waals surface area contributed by atoms with Gasteiger partial charge in [0.05, 0.1) is 13.2 Å². The van der Waals surface area contributed by atoms with Crippen LogP contribution in [0.1, 0.15) is 39.5 Å². The molecule has 0 radical (unpaired) electrons. The van der Waals surface area contributed by atoms with Crippen molar-refractivity contribution in [1.29, 1.82) is 0 Å². The molecule has 0 aromatic heterocycles. The fraction of sp³-hybridized carbons (Fsp3) is 0.688. The van der Waals surface area contributed by atoms with E-state index in [0.717, 1.165) is 25.7 Å². The van der Waals surface area contributed by atoms with Gasteiger partial charge in [0.1, 0.15) is 0 Å². The van der Waals surface area contributed by atoms with E-state index in [9.17, 15) is 9.90 Å². The summed E-state index contributed by atoms with van der Waals surface area (Å²) in [5, 5.41) is 10.7. The Balaban J connectivity index is 2.25. The number of hydrogen-bond acceptors (Lipinski definition) is 3. The van der Waals surface area contributed by atoms with E-state index in [4.69, 9.17) is 4.74 Å². The number of allylic oxidation sites excluding steroid dienone is 1. The molecule has 1 unspecified atom stereocenters. The van der Waals surface area contributed by atoms with Gasteiger partial charge < -0.3 is 9.84 Å². The lowest BCUT2D eigenvalue weighted by atomic mass is 9.56. The molecule has 0 heterocycles. The van der Waals surface area contributed by atoms with Crippen LogP contribution in [0.2, 0.25) is 0 Å². The number of carbonyl (C=O) groups excluding carboxylic acids is 1. The maximum atomic E-state index is 11.6. The summed E-state index contributed by atoms with van der Waals surface area (Å²) in [6.07, 6.45) is 5.74. The van der Waals surface area contributed by atoms with Crippen molar-refractivity contribution in [2.24, 2.45) is 17.3 Å². The smallest absolute Gasteiger partial charge is 0.333 e. The standard InChI is InChI=1S/C16H24O3/c1-10-6-5-8-16(3)9-7-12(14(17)13(10)16)11(2)15(18)19-4/h6,12-14,17H,2,5,7-9H2,1,3-4H3/t12?,13-,14+,16-/m1/s1. The molecule has 2 rings (SSSR count). The van der Waals surface area contributed by atoms with Crippen LogP contribution in [0.3, 0.4) is 0 Å². The first-order valence-electron chi connectivity index (χ1n) is 7.02. The van der Waals surface area contributed by atoms with Gasteiger partial charge in [0.15, 0.2) is 0 Å². The van der Waals surface area contributed by atoms with Gasteiger partial charge in [-0.2, -0.15) is 0 Å². The minimum absolute atomic E-state index is 0.140. The van der Waals surface area contributed by atoms with Crippen LogP contribution in [-0.2, 0) is 9.53 Å². The summed E-state index contributed by atoms with van der Waals surface area (Å²) in [5.41, 5.74) is 1.82. The van der Waals surface area contributed by atoms with E-state index in [1.54, 1.807) is 0 Å². The van der Waals surface area contributed by atoms with E-state index < -0.39 is 12.1 Å². The van der Waals surface area contributed by atoms with Crippen LogP contribution in [0.25, 0.3) is 0 Å². The topological polar surface area (TPSA) is 46.5 Å². The van der Waals surface area contributed by atoms with Crippen LogP contribution < -0.4 is 0 Å². The van der Waals surface area contributed by atoms with Crippen molar-refractivity contribution in [3.05, 3.63) is 23.8 Å². The largest absolute Gasteiger partial charge is 0.466 e. The third-order valence-corrected chi connectivity index (χ3v) is 5.10. The Morgan fingerprint density at radius 3 is 2.84 bits per heavy atom. The number of carbonyl (C=O) groups is 1. The molecule has 3 nitrogen and oxygen atoms in total. The van der Waals surface area contributed by atoms with E-state index in [2.05, 4.69) is 26.5 Å². The Hall–Kier alpha value is -1.09. The maximum absolute atomic E-state index is 11.6. The number of aliphatic hydroxyl groups is 1. The second-order valence-electron chi connectivity index (χ2n) is 6.27. The van der Waals surface area contributed by atoms with Gasteiger partial charge in [-0.05, 0) is 38.0 Å². The molecule has 0 aromatic carbocycles. The second kappa shape index (κ2) is 5.12. The first-order valence-corrected chi connectivity index (χ1v) is 7.02. The Bertz CT molecular complexity index is 424. The molecule has 0 bridgehead atoms. The molecule has 2 aliphatic rings. The fourth-order valence-electron chi connectivity index (χ4n) is 3.97. The fourth-order valence-corrected chi connectivity index (χ4v) is 3.97. The van der Waals surface area contributed by atoms with Crippen molar-refractivity contribution < 1.29 is 14.6 Å². The molecular weight excluding hydrogens is 240 g/mol. The van der Waals surface area contributed by atoms with E-state index in [1.165, 1.54) is 12.7 Å². The van der Waals surface area contributed by atoms with Crippen molar-refractivity contribution in [3.8, 4) is 0 Å². The van der Waals surface area contributed by atoms with E-state index in [0.29, 0.717) is 5.57 Å². The van der Waals surface area contributed by atoms with E-state index >= 15 is 0 Å². The number of aliphatic hydroxyl groups excluding tert-OH is 1. The van der Waals surface area contributed by atoms with Gasteiger partial charge in [-0.15, -0.1) is 0 Å². The summed E-state index contributed by atoms with van der Waals surface area (Å²) in [7, 11) is 1.36. The van der Waals surface area contributed by atoms with Crippen LogP contribution in [0.5, 0.6) is 0 Å². The predicted molar refractivity (Wildman–Crippen MR) is 74.5 cm³/mol. The molecule has 0 aromatic rings. The zero-order valence-corrected chi connectivity index (χ0v) is 12.1. The third kappa shape index (κ3) is 2.36. The molecule has 1 fully saturated rings. The number of fused-ring (bicyclic) bond motifs is 1. The zero-order chi connectivity index (χ0) is 14.2. The number of rotatable bonds is 2. The predicted octanol–water partition coefficient (Wildman–Crippen LogP) is 2.85. The molecule has 3 heteroatoms. The molecule has 1 saturated carbocycles. The van der Waals surface area contributed by atoms with Crippen LogP contribution in [0.4, 0.5) is 0 Å². The third-order valence-electron chi connectivity index (χ3n) is 5.10. The minimum Gasteiger partial charge on any atom is -0.466 e. The summed E-state index contributed by atoms with van der Waals surface area (Å²) >= 11 is 0. The Morgan fingerprint density at radius 1 is 1.53 bits per heavy atom. The monoisotopic (exact) mass is 264 g/mol. The van der Waals surface area contributed by atoms with Crippen LogP contribution in [0.15, 0.2) is 23.8 Å². The number of ether oxygens (including phenoxy) is 1. The number of methoxy groups -OCH3 is 1. The quantitative estimate of drug-likeness (QED) is 0.474. The zero-order valence-electron chi connectivity index (χ0n) is 12.1. The van der Waals surface area contributed by atoms with Gasteiger partial charge in [-0.25, -0.2) is 4.79 Å². The van der Waals surface area contributed by atoms with Gasteiger partial charge in [-0.3, -0.25) is 0 Å². The lowest BCUT2D eigenvalue weighted by Gasteiger charge is -2.50. The summed E-state index contributed by atoms with van der Waals surface area (Å²) in [4.78, 5) is 11.6. The SMILES string of the molecule is C=C(C(=O)OC)C1CC[C@@]2(C)CCC=C(C)[C@@H]2[C@H]1O. The van der Waals surface area contributed by atoms with Gasteiger partial charge in [0.25, 0.3) is 0 Å². The van der Waals surface area contributed by atoms with Gasteiger partial charge in [-0.1, -0.05) is 25.2 Å². The molecule has 4 atom stereocenters. The van der Waals surface area contributed by atoms with Crippen LogP contribution in [0, 0.1) is 17.3 Å². The highest BCUT2D eigenvalue weighted by Crippen LogP contribution is 2.53. The molecule has 0 saturated heterocycles. The summed E-state index contributed by atoms with van der Waals surface area (Å²) in [6.45, 7) is 8.18. The van der Waals surface area contributed by atoms with E-state index in [-0.39, 0.29) is 17.3 Å². The molecule has 0 amide bonds. The Morgan fingerprint density at radius 2 is 2.21 bits per heavy atom. The molecular formula is C16H24O3. The highest BCUT2D eigenvalue weighted by molar-refractivity contribution is 5.88. The molecule has 106 valence electrons. The van der Waals surface area contributed by atoms with Gasteiger partial charge in [0, 0.05) is 17.4 Å². The highest BCUT2D eigenvalue weighted by Gasteiger charge is 2.48. The van der Waals surface area contributed by atoms with Crippen LogP contribution >= 0.6 is 0 Å². The Kier molecular flexibility index (Phi) is 3.86. The highest BCUT2D eigenvalue weighted by atomic mass is 16.5. The Labute approximate surface area is 115 Å². The van der Waals surface area contributed by atoms with Crippen molar-refractivity contribution in [1.82, 2.24) is 0 Å². The first-order chi connectivity index (χ1) is 8.90. The minimum atomic E-state index is -0.526. The lowest BCUT2D eigenvalue weighted by Crippen LogP contribution is -2.48. The number of esters is 1. The van der Waals surface area contributed by atoms with Crippen molar-refractivity contribution in [2.75, 3.05) is 7.11 Å². The summed E-state index contributed by atoms with van der Waals surface area (Å²) < 4.78 is 4.74. The number of hydrogen-bond donors (Lipinski definition) is 1. The first kappa shape index (κ1) is 14.3. The molecule has 19 heavy (non-hydrogen) atoms. The molecule has 2 aliphatic carbocycles. The molecule has 0 aliphatic heterocycles. The normalized spacial score (nSPS) is 38.1. The average molecular weight is 264 g/mol. The molecule has 1 N–H and O–H groups in total. The van der Waals surface area contributed by atoms with Crippen molar-refractivity contribution in [2.45, 2.75) is 45.6 Å². The van der Waals surface area contributed by atoms with Crippen molar-refractivity contribution in [3.63, 3.8) is 0 Å². The van der Waals surface area contributed by atoms with Crippen LogP contribution in [-0.4, -0.2) is 24.3 Å². The maximum Gasteiger partial charge on any atom is 0.333 e. The summed E-state index contributed by atoms with van der Waals surface area (Å²) in [6, 6.07) is 0. The van der Waals surface area contributed by atoms with E-state index in [1.807, 2.05) is 0 Å². The average Bonchev–Trinajstić information content (AvgIpc) is 2.37.